The first-order valence-electron chi connectivity index (χ1n) is 6.31. The smallest absolute Gasteiger partial charge is 0.308 e. The van der Waals surface area contributed by atoms with Crippen LogP contribution in [0.1, 0.15) is 26.2 Å². The van der Waals surface area contributed by atoms with E-state index in [9.17, 15) is 18.4 Å². The summed E-state index contributed by atoms with van der Waals surface area (Å²) in [6.07, 6.45) is -1.34. The molecule has 0 aliphatic carbocycles. The first kappa shape index (κ1) is 15.8. The van der Waals surface area contributed by atoms with Crippen LogP contribution < -0.4 is 0 Å². The van der Waals surface area contributed by atoms with Crippen molar-refractivity contribution in [2.75, 3.05) is 19.8 Å². The third kappa shape index (κ3) is 4.74. The number of amides is 1. The molecule has 0 aromatic rings. The van der Waals surface area contributed by atoms with Crippen LogP contribution in [0.3, 0.4) is 0 Å². The van der Waals surface area contributed by atoms with Gasteiger partial charge in [-0.25, -0.2) is 8.78 Å². The van der Waals surface area contributed by atoms with Crippen LogP contribution in [0.25, 0.3) is 0 Å². The molecule has 0 radical (unpaired) electrons. The standard InChI is InChI=1S/C12H19F2NO4/c1-8-9(12(17)18)3-2-5-15(8)11(16)4-6-19-7-10(13)14/h8-10H,2-7H2,1H3,(H,17,18)/t8-,9-/m1/s1. The number of ether oxygens (including phenoxy) is 1. The van der Waals surface area contributed by atoms with Gasteiger partial charge in [-0.15, -0.1) is 0 Å². The van der Waals surface area contributed by atoms with Crippen LogP contribution in [-0.4, -0.2) is 54.1 Å². The van der Waals surface area contributed by atoms with Gasteiger partial charge < -0.3 is 14.7 Å². The lowest BCUT2D eigenvalue weighted by atomic mass is 9.90. The maximum absolute atomic E-state index is 11.9. The largest absolute Gasteiger partial charge is 0.481 e. The quantitative estimate of drug-likeness (QED) is 0.746. The number of carbonyl (C=O) groups excluding carboxylic acids is 1. The van der Waals surface area contributed by atoms with E-state index in [2.05, 4.69) is 4.74 Å². The van der Waals surface area contributed by atoms with Crippen LogP contribution in [0.4, 0.5) is 8.78 Å². The highest BCUT2D eigenvalue weighted by Gasteiger charge is 2.34. The SMILES string of the molecule is C[C@@H]1[C@H](C(=O)O)CCCN1C(=O)CCOCC(F)F. The first-order valence-corrected chi connectivity index (χ1v) is 6.31. The maximum Gasteiger partial charge on any atom is 0.308 e. The molecule has 0 bridgehead atoms. The summed E-state index contributed by atoms with van der Waals surface area (Å²) < 4.78 is 28.3. The zero-order valence-corrected chi connectivity index (χ0v) is 10.8. The van der Waals surface area contributed by atoms with Gasteiger partial charge in [0.2, 0.25) is 5.91 Å². The van der Waals surface area contributed by atoms with Crippen molar-refractivity contribution in [3.63, 3.8) is 0 Å². The molecule has 1 fully saturated rings. The second-order valence-corrected chi connectivity index (χ2v) is 4.63. The van der Waals surface area contributed by atoms with Gasteiger partial charge in [0.25, 0.3) is 6.43 Å². The normalized spacial score (nSPS) is 23.7. The Bertz CT molecular complexity index is 325. The number of hydrogen-bond acceptors (Lipinski definition) is 3. The van der Waals surface area contributed by atoms with Crippen LogP contribution in [0, 0.1) is 5.92 Å². The fourth-order valence-corrected chi connectivity index (χ4v) is 2.30. The number of aliphatic carboxylic acids is 1. The molecule has 1 amide bonds. The van der Waals surface area contributed by atoms with Gasteiger partial charge in [0.1, 0.15) is 6.61 Å². The molecule has 1 saturated heterocycles. The fourth-order valence-electron chi connectivity index (χ4n) is 2.30. The molecule has 5 nitrogen and oxygen atoms in total. The van der Waals surface area contributed by atoms with Gasteiger partial charge in [0.15, 0.2) is 0 Å². The summed E-state index contributed by atoms with van der Waals surface area (Å²) in [7, 11) is 0. The Hall–Kier alpha value is -1.24. The number of carboxylic acids is 1. The molecule has 0 spiro atoms. The minimum atomic E-state index is -2.54. The fraction of sp³-hybridized carbons (Fsp3) is 0.833. The molecule has 1 aliphatic rings. The Kier molecular flexibility index (Phi) is 6.14. The third-order valence-corrected chi connectivity index (χ3v) is 3.33. The molecule has 1 aliphatic heterocycles. The molecule has 1 heterocycles. The number of carbonyl (C=O) groups is 2. The minimum Gasteiger partial charge on any atom is -0.481 e. The van der Waals surface area contributed by atoms with Crippen molar-refractivity contribution in [1.82, 2.24) is 4.90 Å². The van der Waals surface area contributed by atoms with E-state index in [1.165, 1.54) is 4.90 Å². The summed E-state index contributed by atoms with van der Waals surface area (Å²) in [5, 5.41) is 9.04. The number of carboxylic acid groups (broad SMARTS) is 1. The van der Waals surface area contributed by atoms with Crippen LogP contribution in [0.2, 0.25) is 0 Å². The number of likely N-dealkylation sites (tertiary alicyclic amines) is 1. The Labute approximate surface area is 110 Å². The van der Waals surface area contributed by atoms with Gasteiger partial charge >= 0.3 is 5.97 Å². The summed E-state index contributed by atoms with van der Waals surface area (Å²) in [4.78, 5) is 24.4. The predicted octanol–water partition coefficient (Wildman–Crippen LogP) is 1.37. The van der Waals surface area contributed by atoms with Crippen molar-refractivity contribution < 1.29 is 28.2 Å². The highest BCUT2D eigenvalue weighted by molar-refractivity contribution is 5.78. The van der Waals surface area contributed by atoms with Crippen LogP contribution >= 0.6 is 0 Å². The third-order valence-electron chi connectivity index (χ3n) is 3.33. The summed E-state index contributed by atoms with van der Waals surface area (Å²) >= 11 is 0. The van der Waals surface area contributed by atoms with Crippen molar-refractivity contribution in [2.45, 2.75) is 38.7 Å². The Morgan fingerprint density at radius 3 is 2.74 bits per heavy atom. The number of hydrogen-bond donors (Lipinski definition) is 1. The Morgan fingerprint density at radius 1 is 1.47 bits per heavy atom. The summed E-state index contributed by atoms with van der Waals surface area (Å²) in [6.45, 7) is 1.47. The van der Waals surface area contributed by atoms with Gasteiger partial charge in [-0.2, -0.15) is 0 Å². The molecule has 1 N–H and O–H groups in total. The zero-order chi connectivity index (χ0) is 14.4. The predicted molar refractivity (Wildman–Crippen MR) is 63.0 cm³/mol. The molecular weight excluding hydrogens is 260 g/mol. The Balaban J connectivity index is 2.40. The minimum absolute atomic E-state index is 0.00337. The second-order valence-electron chi connectivity index (χ2n) is 4.63. The lowest BCUT2D eigenvalue weighted by Gasteiger charge is -2.37. The van der Waals surface area contributed by atoms with Gasteiger partial charge in [-0.3, -0.25) is 9.59 Å². The summed E-state index contributed by atoms with van der Waals surface area (Å²) in [6, 6.07) is -0.367. The van der Waals surface area contributed by atoms with Gasteiger partial charge in [0.05, 0.1) is 18.9 Å². The molecule has 2 atom stereocenters. The van der Waals surface area contributed by atoms with Gasteiger partial charge in [-0.05, 0) is 19.8 Å². The lowest BCUT2D eigenvalue weighted by Crippen LogP contribution is -2.49. The van der Waals surface area contributed by atoms with Gasteiger partial charge in [-0.1, -0.05) is 0 Å². The van der Waals surface area contributed by atoms with E-state index in [0.29, 0.717) is 19.4 Å². The van der Waals surface area contributed by atoms with E-state index in [0.717, 1.165) is 0 Å². The van der Waals surface area contributed by atoms with E-state index in [1.807, 2.05) is 0 Å². The second kappa shape index (κ2) is 7.37. The van der Waals surface area contributed by atoms with E-state index < -0.39 is 24.9 Å². The van der Waals surface area contributed by atoms with Crippen molar-refractivity contribution in [3.8, 4) is 0 Å². The molecule has 0 aromatic carbocycles. The maximum atomic E-state index is 11.9. The number of nitrogens with zero attached hydrogens (tertiary/aromatic N) is 1. The zero-order valence-electron chi connectivity index (χ0n) is 10.8. The highest BCUT2D eigenvalue weighted by atomic mass is 19.3. The Morgan fingerprint density at radius 2 is 2.16 bits per heavy atom. The lowest BCUT2D eigenvalue weighted by molar-refractivity contribution is -0.149. The average molecular weight is 279 g/mol. The molecule has 0 unspecified atom stereocenters. The van der Waals surface area contributed by atoms with Crippen molar-refractivity contribution in [1.29, 1.82) is 0 Å². The van der Waals surface area contributed by atoms with E-state index in [4.69, 9.17) is 5.11 Å². The highest BCUT2D eigenvalue weighted by Crippen LogP contribution is 2.24. The van der Waals surface area contributed by atoms with Crippen LogP contribution in [-0.2, 0) is 14.3 Å². The van der Waals surface area contributed by atoms with E-state index in [-0.39, 0.29) is 25.0 Å². The number of halogens is 2. The monoisotopic (exact) mass is 279 g/mol. The van der Waals surface area contributed by atoms with Gasteiger partial charge in [0, 0.05) is 12.6 Å². The number of rotatable bonds is 6. The topological polar surface area (TPSA) is 66.8 Å². The summed E-state index contributed by atoms with van der Waals surface area (Å²) in [5.41, 5.74) is 0. The molecule has 19 heavy (non-hydrogen) atoms. The van der Waals surface area contributed by atoms with E-state index in [1.54, 1.807) is 6.92 Å². The van der Waals surface area contributed by atoms with E-state index >= 15 is 0 Å². The van der Waals surface area contributed by atoms with Crippen molar-refractivity contribution in [2.24, 2.45) is 5.92 Å². The number of alkyl halides is 2. The summed E-state index contributed by atoms with van der Waals surface area (Å²) in [5.74, 6) is -1.70. The van der Waals surface area contributed by atoms with Crippen molar-refractivity contribution >= 4 is 11.9 Å². The molecule has 110 valence electrons. The first-order chi connectivity index (χ1) is 8.93. The molecule has 0 saturated carbocycles. The average Bonchev–Trinajstić information content (AvgIpc) is 2.34. The molecule has 0 aromatic heterocycles. The van der Waals surface area contributed by atoms with Crippen LogP contribution in [0.5, 0.6) is 0 Å². The van der Waals surface area contributed by atoms with Crippen LogP contribution in [0.15, 0.2) is 0 Å². The molecule has 7 heteroatoms. The number of piperidine rings is 1. The molecule has 1 rings (SSSR count). The molecular formula is C12H19F2NO4. The van der Waals surface area contributed by atoms with Crippen molar-refractivity contribution in [3.05, 3.63) is 0 Å².